The fourth-order valence-corrected chi connectivity index (χ4v) is 4.26. The maximum atomic E-state index is 13.1. The van der Waals surface area contributed by atoms with Crippen LogP contribution >= 0.6 is 0 Å². The Morgan fingerprint density at radius 2 is 1.96 bits per heavy atom. The van der Waals surface area contributed by atoms with Crippen LogP contribution in [0.2, 0.25) is 0 Å². The number of urea groups is 1. The maximum Gasteiger partial charge on any atom is 0.325 e. The van der Waals surface area contributed by atoms with E-state index in [0.717, 1.165) is 45.7 Å². The van der Waals surface area contributed by atoms with Gasteiger partial charge < -0.3 is 10.6 Å². The van der Waals surface area contributed by atoms with Crippen LogP contribution in [0.1, 0.15) is 35.6 Å². The summed E-state index contributed by atoms with van der Waals surface area (Å²) in [5.41, 5.74) is 3.59. The van der Waals surface area contributed by atoms with Gasteiger partial charge in [-0.25, -0.2) is 4.79 Å². The number of hydrogen-bond acceptors (Lipinski definition) is 3. The molecule has 4 amide bonds. The molecule has 0 unspecified atom stereocenters. The molecule has 0 radical (unpaired) electrons. The summed E-state index contributed by atoms with van der Waals surface area (Å²) >= 11 is 0. The number of anilines is 1. The van der Waals surface area contributed by atoms with E-state index in [1.54, 1.807) is 0 Å². The van der Waals surface area contributed by atoms with Gasteiger partial charge in [0.15, 0.2) is 0 Å². The number of imide groups is 1. The molecule has 1 aliphatic heterocycles. The monoisotopic (exact) mass is 377 g/mol. The molecule has 0 aromatic heterocycles. The first kappa shape index (κ1) is 18.2. The molecule has 28 heavy (non-hydrogen) atoms. The summed E-state index contributed by atoms with van der Waals surface area (Å²) in [5, 5.41) is 5.73. The van der Waals surface area contributed by atoms with E-state index >= 15 is 0 Å². The summed E-state index contributed by atoms with van der Waals surface area (Å²) in [6, 6.07) is 13.0. The number of amides is 4. The Morgan fingerprint density at radius 3 is 2.75 bits per heavy atom. The van der Waals surface area contributed by atoms with Gasteiger partial charge in [-0.1, -0.05) is 49.4 Å². The number of fused-ring (bicyclic) bond motifs is 2. The average Bonchev–Trinajstić information content (AvgIpc) is 3.17. The average molecular weight is 377 g/mol. The molecular formula is C22H23N3O3. The molecule has 1 fully saturated rings. The van der Waals surface area contributed by atoms with Gasteiger partial charge in [-0.3, -0.25) is 14.5 Å². The number of nitrogens with one attached hydrogen (secondary N) is 2. The molecule has 1 spiro atoms. The molecule has 4 rings (SSSR count). The largest absolute Gasteiger partial charge is 0.325 e. The third-order valence-corrected chi connectivity index (χ3v) is 5.73. The number of carbonyl (C=O) groups is 3. The normalized spacial score (nSPS) is 20.4. The lowest BCUT2D eigenvalue weighted by Gasteiger charge is -2.22. The Balaban J connectivity index is 1.55. The molecule has 2 aromatic rings. The Labute approximate surface area is 163 Å². The van der Waals surface area contributed by atoms with E-state index in [1.807, 2.05) is 56.3 Å². The number of rotatable bonds is 4. The minimum Gasteiger partial charge on any atom is -0.324 e. The molecule has 144 valence electrons. The van der Waals surface area contributed by atoms with Crippen LogP contribution in [0.25, 0.3) is 0 Å². The van der Waals surface area contributed by atoms with Gasteiger partial charge in [0, 0.05) is 5.69 Å². The van der Waals surface area contributed by atoms with E-state index in [-0.39, 0.29) is 18.4 Å². The lowest BCUT2D eigenvalue weighted by atomic mass is 9.92. The fourth-order valence-electron chi connectivity index (χ4n) is 4.26. The number of aryl methyl sites for hydroxylation is 3. The van der Waals surface area contributed by atoms with Gasteiger partial charge in [0.2, 0.25) is 5.91 Å². The molecule has 1 aliphatic carbocycles. The van der Waals surface area contributed by atoms with Crippen molar-refractivity contribution >= 4 is 23.5 Å². The van der Waals surface area contributed by atoms with Crippen LogP contribution in [0.3, 0.4) is 0 Å². The Morgan fingerprint density at radius 1 is 1.18 bits per heavy atom. The maximum absolute atomic E-state index is 13.1. The first-order valence-electron chi connectivity index (χ1n) is 9.57. The molecular weight excluding hydrogens is 354 g/mol. The van der Waals surface area contributed by atoms with Crippen molar-refractivity contribution in [1.29, 1.82) is 0 Å². The second-order valence-electron chi connectivity index (χ2n) is 7.39. The van der Waals surface area contributed by atoms with Crippen LogP contribution < -0.4 is 10.6 Å². The highest BCUT2D eigenvalue weighted by Gasteiger charge is 2.55. The number of hydrogen-bond donors (Lipinski definition) is 2. The van der Waals surface area contributed by atoms with Crippen LogP contribution in [0.15, 0.2) is 42.5 Å². The zero-order valence-corrected chi connectivity index (χ0v) is 16.0. The van der Waals surface area contributed by atoms with Crippen molar-refractivity contribution in [3.05, 3.63) is 64.7 Å². The minimum absolute atomic E-state index is 0.300. The lowest BCUT2D eigenvalue weighted by molar-refractivity contribution is -0.134. The van der Waals surface area contributed by atoms with E-state index in [9.17, 15) is 14.4 Å². The summed E-state index contributed by atoms with van der Waals surface area (Å²) in [7, 11) is 0. The zero-order valence-electron chi connectivity index (χ0n) is 16.0. The van der Waals surface area contributed by atoms with Crippen molar-refractivity contribution in [2.75, 3.05) is 11.9 Å². The highest BCUT2D eigenvalue weighted by molar-refractivity contribution is 6.11. The summed E-state index contributed by atoms with van der Waals surface area (Å²) in [6.45, 7) is 3.64. The molecule has 0 saturated carbocycles. The second-order valence-corrected chi connectivity index (χ2v) is 7.39. The van der Waals surface area contributed by atoms with E-state index in [1.165, 1.54) is 0 Å². The predicted octanol–water partition coefficient (Wildman–Crippen LogP) is 2.89. The molecule has 2 aliphatic rings. The molecule has 6 nitrogen and oxygen atoms in total. The van der Waals surface area contributed by atoms with Crippen LogP contribution in [-0.4, -0.2) is 29.3 Å². The number of nitrogens with zero attached hydrogens (tertiary/aromatic N) is 1. The van der Waals surface area contributed by atoms with Gasteiger partial charge in [-0.05, 0) is 48.4 Å². The minimum atomic E-state index is -1.04. The summed E-state index contributed by atoms with van der Waals surface area (Å²) in [6.07, 6.45) is 2.03. The van der Waals surface area contributed by atoms with E-state index in [0.29, 0.717) is 6.42 Å². The zero-order chi connectivity index (χ0) is 19.9. The first-order chi connectivity index (χ1) is 13.5. The van der Waals surface area contributed by atoms with E-state index in [4.69, 9.17) is 0 Å². The van der Waals surface area contributed by atoms with E-state index in [2.05, 4.69) is 10.6 Å². The van der Waals surface area contributed by atoms with Crippen molar-refractivity contribution in [3.63, 3.8) is 0 Å². The molecule has 1 heterocycles. The molecule has 2 aromatic carbocycles. The predicted molar refractivity (Wildman–Crippen MR) is 106 cm³/mol. The third-order valence-electron chi connectivity index (χ3n) is 5.73. The highest BCUT2D eigenvalue weighted by Crippen LogP contribution is 2.41. The Bertz CT molecular complexity index is 985. The van der Waals surface area contributed by atoms with Gasteiger partial charge in [0.25, 0.3) is 5.91 Å². The van der Waals surface area contributed by atoms with Gasteiger partial charge in [0.05, 0.1) is 0 Å². The summed E-state index contributed by atoms with van der Waals surface area (Å²) in [5.74, 6) is -0.728. The van der Waals surface area contributed by atoms with Crippen molar-refractivity contribution in [2.45, 2.75) is 38.6 Å². The fraction of sp³-hybridized carbons (Fsp3) is 0.318. The lowest BCUT2D eigenvalue weighted by Crippen LogP contribution is -2.43. The molecule has 1 atom stereocenters. The Kier molecular flexibility index (Phi) is 4.41. The standard InChI is InChI=1S/C22H23N3O3/c1-3-15-9-6-7-14(2)19(15)23-18(26)13-25-20(27)22(24-21(25)28)12-11-16-8-4-5-10-17(16)22/h4-10H,3,11-13H2,1-2H3,(H,23,26)(H,24,28)/t22-/m0/s1. The summed E-state index contributed by atoms with van der Waals surface area (Å²) < 4.78 is 0. The first-order valence-corrected chi connectivity index (χ1v) is 9.57. The SMILES string of the molecule is CCc1cccc(C)c1NC(=O)CN1C(=O)N[C@]2(CCc3ccccc32)C1=O. The van der Waals surface area contributed by atoms with Crippen LogP contribution in [0.4, 0.5) is 10.5 Å². The van der Waals surface area contributed by atoms with Gasteiger partial charge in [-0.2, -0.15) is 0 Å². The van der Waals surface area contributed by atoms with Crippen molar-refractivity contribution in [2.24, 2.45) is 0 Å². The third kappa shape index (κ3) is 2.76. The van der Waals surface area contributed by atoms with Crippen LogP contribution in [0, 0.1) is 6.92 Å². The molecule has 1 saturated heterocycles. The van der Waals surface area contributed by atoms with Crippen molar-refractivity contribution in [1.82, 2.24) is 10.2 Å². The van der Waals surface area contributed by atoms with Gasteiger partial charge in [-0.15, -0.1) is 0 Å². The van der Waals surface area contributed by atoms with Crippen molar-refractivity contribution in [3.8, 4) is 0 Å². The van der Waals surface area contributed by atoms with Crippen molar-refractivity contribution < 1.29 is 14.4 Å². The smallest absolute Gasteiger partial charge is 0.324 e. The van der Waals surface area contributed by atoms with E-state index < -0.39 is 11.6 Å². The molecule has 0 bridgehead atoms. The number of para-hydroxylation sites is 1. The van der Waals surface area contributed by atoms with Gasteiger partial charge in [0.1, 0.15) is 12.1 Å². The number of carbonyl (C=O) groups excluding carboxylic acids is 3. The quantitative estimate of drug-likeness (QED) is 0.804. The molecule has 2 N–H and O–H groups in total. The highest BCUT2D eigenvalue weighted by atomic mass is 16.2. The Hall–Kier alpha value is -3.15. The number of benzene rings is 2. The van der Waals surface area contributed by atoms with Crippen LogP contribution in [0.5, 0.6) is 0 Å². The van der Waals surface area contributed by atoms with Crippen LogP contribution in [-0.2, 0) is 28.0 Å². The summed E-state index contributed by atoms with van der Waals surface area (Å²) in [4.78, 5) is 39.4. The topological polar surface area (TPSA) is 78.5 Å². The van der Waals surface area contributed by atoms with Gasteiger partial charge >= 0.3 is 6.03 Å². The molecule has 6 heteroatoms. The second kappa shape index (κ2) is 6.78.